The van der Waals surface area contributed by atoms with Crippen LogP contribution in [0.3, 0.4) is 0 Å². The van der Waals surface area contributed by atoms with Crippen molar-refractivity contribution in [1.29, 1.82) is 0 Å². The number of rotatable bonds is 18. The molecule has 0 N–H and O–H groups in total. The van der Waals surface area contributed by atoms with Crippen LogP contribution in [0.2, 0.25) is 0 Å². The van der Waals surface area contributed by atoms with Gasteiger partial charge in [0.1, 0.15) is 11.5 Å². The van der Waals surface area contributed by atoms with Crippen molar-refractivity contribution in [3.8, 4) is 11.5 Å². The zero-order valence-corrected chi connectivity index (χ0v) is 23.6. The van der Waals surface area contributed by atoms with Crippen LogP contribution in [0.1, 0.15) is 128 Å². The summed E-state index contributed by atoms with van der Waals surface area (Å²) in [5, 5.41) is 0. The fourth-order valence-electron chi connectivity index (χ4n) is 6.15. The van der Waals surface area contributed by atoms with Crippen LogP contribution < -0.4 is 4.74 Å². The molecule has 2 aliphatic heterocycles. The standard InChI is InChI=1S/C34H50O3/c1-3-5-7-9-11-17-23-33(25-27-35-33)29-19-13-15-21-31(29)37-32-22-16-14-20-30(32)34(26-28-36-34)24-18-12-10-8-6-4-2/h13-16,19-22H,3-12,17-18,23-28H2,1-2H3. The summed E-state index contributed by atoms with van der Waals surface area (Å²) >= 11 is 0. The Morgan fingerprint density at radius 2 is 0.946 bits per heavy atom. The summed E-state index contributed by atoms with van der Waals surface area (Å²) in [5.41, 5.74) is 2.03. The number of ether oxygens (including phenoxy) is 3. The third-order valence-corrected chi connectivity index (χ3v) is 8.61. The van der Waals surface area contributed by atoms with Gasteiger partial charge in [-0.05, 0) is 25.0 Å². The molecule has 3 heteroatoms. The molecule has 37 heavy (non-hydrogen) atoms. The van der Waals surface area contributed by atoms with E-state index < -0.39 is 0 Å². The van der Waals surface area contributed by atoms with Crippen LogP contribution >= 0.6 is 0 Å². The van der Waals surface area contributed by atoms with E-state index in [1.54, 1.807) is 0 Å². The maximum Gasteiger partial charge on any atom is 0.133 e. The molecule has 3 nitrogen and oxygen atoms in total. The molecular formula is C34H50O3. The molecule has 2 aliphatic rings. The summed E-state index contributed by atoms with van der Waals surface area (Å²) in [7, 11) is 0. The van der Waals surface area contributed by atoms with Gasteiger partial charge in [-0.15, -0.1) is 0 Å². The Morgan fingerprint density at radius 1 is 0.568 bits per heavy atom. The topological polar surface area (TPSA) is 27.7 Å². The Bertz CT molecular complexity index is 853. The van der Waals surface area contributed by atoms with E-state index in [0.29, 0.717) is 0 Å². The van der Waals surface area contributed by atoms with E-state index in [2.05, 4.69) is 62.4 Å². The highest BCUT2D eigenvalue weighted by Crippen LogP contribution is 2.49. The minimum absolute atomic E-state index is 0.195. The highest BCUT2D eigenvalue weighted by atomic mass is 16.5. The highest BCUT2D eigenvalue weighted by Gasteiger charge is 2.43. The first-order valence-corrected chi connectivity index (χ1v) is 15.4. The lowest BCUT2D eigenvalue weighted by Gasteiger charge is -2.44. The molecule has 0 amide bonds. The van der Waals surface area contributed by atoms with Crippen molar-refractivity contribution in [2.24, 2.45) is 0 Å². The molecule has 0 aliphatic carbocycles. The predicted molar refractivity (Wildman–Crippen MR) is 153 cm³/mol. The van der Waals surface area contributed by atoms with E-state index in [0.717, 1.165) is 50.4 Å². The molecule has 2 unspecified atom stereocenters. The second-order valence-electron chi connectivity index (χ2n) is 11.3. The van der Waals surface area contributed by atoms with Gasteiger partial charge in [-0.3, -0.25) is 0 Å². The fourth-order valence-corrected chi connectivity index (χ4v) is 6.15. The van der Waals surface area contributed by atoms with Gasteiger partial charge < -0.3 is 14.2 Å². The molecular weight excluding hydrogens is 456 g/mol. The van der Waals surface area contributed by atoms with Crippen LogP contribution in [0, 0.1) is 0 Å². The number of hydrogen-bond acceptors (Lipinski definition) is 3. The molecule has 2 heterocycles. The van der Waals surface area contributed by atoms with Crippen LogP contribution in [-0.4, -0.2) is 13.2 Å². The first-order valence-electron chi connectivity index (χ1n) is 15.4. The Hall–Kier alpha value is -1.84. The van der Waals surface area contributed by atoms with Gasteiger partial charge in [0, 0.05) is 24.0 Å². The Morgan fingerprint density at radius 3 is 1.32 bits per heavy atom. The second kappa shape index (κ2) is 14.4. The van der Waals surface area contributed by atoms with E-state index in [1.165, 1.54) is 88.2 Å². The molecule has 0 radical (unpaired) electrons. The maximum atomic E-state index is 6.76. The maximum absolute atomic E-state index is 6.76. The normalized spacial score (nSPS) is 22.9. The predicted octanol–water partition coefficient (Wildman–Crippen LogP) is 10.2. The molecule has 2 atom stereocenters. The summed E-state index contributed by atoms with van der Waals surface area (Å²) in [6.45, 7) is 6.24. The van der Waals surface area contributed by atoms with Crippen molar-refractivity contribution >= 4 is 0 Å². The van der Waals surface area contributed by atoms with Crippen LogP contribution in [0.15, 0.2) is 48.5 Å². The van der Waals surface area contributed by atoms with Gasteiger partial charge in [-0.1, -0.05) is 127 Å². The van der Waals surface area contributed by atoms with Gasteiger partial charge in [-0.2, -0.15) is 0 Å². The molecule has 2 saturated heterocycles. The number of unbranched alkanes of at least 4 members (excludes halogenated alkanes) is 10. The van der Waals surface area contributed by atoms with Gasteiger partial charge in [-0.25, -0.2) is 0 Å². The van der Waals surface area contributed by atoms with Crippen molar-refractivity contribution < 1.29 is 14.2 Å². The van der Waals surface area contributed by atoms with E-state index in [4.69, 9.17) is 14.2 Å². The van der Waals surface area contributed by atoms with Crippen LogP contribution in [0.4, 0.5) is 0 Å². The van der Waals surface area contributed by atoms with Crippen molar-refractivity contribution in [3.05, 3.63) is 59.7 Å². The minimum Gasteiger partial charge on any atom is -0.457 e. The molecule has 0 saturated carbocycles. The largest absolute Gasteiger partial charge is 0.457 e. The Labute approximate surface area is 226 Å². The monoisotopic (exact) mass is 506 g/mol. The molecule has 0 spiro atoms. The molecule has 204 valence electrons. The van der Waals surface area contributed by atoms with E-state index in [-0.39, 0.29) is 11.2 Å². The van der Waals surface area contributed by atoms with Gasteiger partial charge in [0.15, 0.2) is 0 Å². The first kappa shape index (κ1) is 28.2. The van der Waals surface area contributed by atoms with Gasteiger partial charge >= 0.3 is 0 Å². The Balaban J connectivity index is 1.45. The lowest BCUT2D eigenvalue weighted by molar-refractivity contribution is -0.161. The quantitative estimate of drug-likeness (QED) is 0.188. The number of benzene rings is 2. The zero-order chi connectivity index (χ0) is 25.8. The smallest absolute Gasteiger partial charge is 0.133 e. The van der Waals surface area contributed by atoms with Crippen molar-refractivity contribution in [2.75, 3.05) is 13.2 Å². The zero-order valence-electron chi connectivity index (χ0n) is 23.6. The van der Waals surface area contributed by atoms with Gasteiger partial charge in [0.05, 0.1) is 24.4 Å². The van der Waals surface area contributed by atoms with E-state index in [9.17, 15) is 0 Å². The van der Waals surface area contributed by atoms with Crippen molar-refractivity contribution in [3.63, 3.8) is 0 Å². The van der Waals surface area contributed by atoms with Crippen molar-refractivity contribution in [1.82, 2.24) is 0 Å². The van der Waals surface area contributed by atoms with Crippen LogP contribution in [0.25, 0.3) is 0 Å². The molecule has 2 fully saturated rings. The summed E-state index contributed by atoms with van der Waals surface area (Å²) < 4.78 is 19.4. The van der Waals surface area contributed by atoms with Crippen LogP contribution in [0.5, 0.6) is 11.5 Å². The third kappa shape index (κ3) is 7.18. The summed E-state index contributed by atoms with van der Waals surface area (Å²) in [4.78, 5) is 0. The fraction of sp³-hybridized carbons (Fsp3) is 0.647. The molecule has 0 bridgehead atoms. The van der Waals surface area contributed by atoms with E-state index in [1.807, 2.05) is 0 Å². The number of hydrogen-bond donors (Lipinski definition) is 0. The summed E-state index contributed by atoms with van der Waals surface area (Å²) in [6.07, 6.45) is 20.0. The average Bonchev–Trinajstić information content (AvgIpc) is 2.87. The average molecular weight is 507 g/mol. The summed E-state index contributed by atoms with van der Waals surface area (Å²) in [5.74, 6) is 1.88. The third-order valence-electron chi connectivity index (χ3n) is 8.61. The first-order chi connectivity index (χ1) is 18.2. The molecule has 0 aromatic heterocycles. The molecule has 4 rings (SSSR count). The molecule has 2 aromatic carbocycles. The summed E-state index contributed by atoms with van der Waals surface area (Å²) in [6, 6.07) is 17.1. The lowest BCUT2D eigenvalue weighted by atomic mass is 9.80. The van der Waals surface area contributed by atoms with Gasteiger partial charge in [0.25, 0.3) is 0 Å². The van der Waals surface area contributed by atoms with E-state index >= 15 is 0 Å². The highest BCUT2D eigenvalue weighted by molar-refractivity contribution is 5.46. The SMILES string of the molecule is CCCCCCCCC1(c2ccccc2Oc2ccccc2C2(CCCCCCCC)CCO2)CCO1. The van der Waals surface area contributed by atoms with Gasteiger partial charge in [0.2, 0.25) is 0 Å². The van der Waals surface area contributed by atoms with Crippen LogP contribution in [-0.2, 0) is 20.7 Å². The second-order valence-corrected chi connectivity index (χ2v) is 11.3. The minimum atomic E-state index is -0.195. The van der Waals surface area contributed by atoms with Crippen molar-refractivity contribution in [2.45, 2.75) is 128 Å². The molecule has 2 aromatic rings. The lowest BCUT2D eigenvalue weighted by Crippen LogP contribution is -2.41. The Kier molecular flexibility index (Phi) is 10.9. The number of para-hydroxylation sites is 2.